The van der Waals surface area contributed by atoms with Crippen LogP contribution in [0.4, 0.5) is 0 Å². The first kappa shape index (κ1) is 14.9. The van der Waals surface area contributed by atoms with Crippen molar-refractivity contribution in [1.82, 2.24) is 5.32 Å². The molecule has 20 heavy (non-hydrogen) atoms. The molecule has 0 radical (unpaired) electrons. The highest BCUT2D eigenvalue weighted by molar-refractivity contribution is 5.81. The van der Waals surface area contributed by atoms with E-state index < -0.39 is 6.10 Å². The van der Waals surface area contributed by atoms with Crippen molar-refractivity contribution in [2.45, 2.75) is 58.6 Å². The minimum atomic E-state index is -0.453. The number of benzene rings is 1. The molecule has 0 aromatic heterocycles. The van der Waals surface area contributed by atoms with Crippen molar-refractivity contribution in [2.75, 3.05) is 0 Å². The van der Waals surface area contributed by atoms with Gasteiger partial charge in [0, 0.05) is 6.04 Å². The summed E-state index contributed by atoms with van der Waals surface area (Å²) in [6, 6.07) is 8.10. The average Bonchev–Trinajstić information content (AvgIpc) is 2.41. The van der Waals surface area contributed by atoms with Crippen molar-refractivity contribution < 1.29 is 9.53 Å². The van der Waals surface area contributed by atoms with Crippen molar-refractivity contribution in [1.29, 1.82) is 0 Å². The molecule has 3 heteroatoms. The molecule has 1 saturated carbocycles. The summed E-state index contributed by atoms with van der Waals surface area (Å²) in [5, 5.41) is 3.14. The molecular weight excluding hydrogens is 250 g/mol. The van der Waals surface area contributed by atoms with Gasteiger partial charge in [-0.1, -0.05) is 31.9 Å². The Morgan fingerprint density at radius 2 is 2.10 bits per heavy atom. The number of carbonyl (C=O) groups is 1. The lowest BCUT2D eigenvalue weighted by atomic mass is 9.86. The molecule has 2 rings (SSSR count). The van der Waals surface area contributed by atoms with Crippen LogP contribution >= 0.6 is 0 Å². The highest BCUT2D eigenvalue weighted by atomic mass is 16.5. The number of hydrogen-bond donors (Lipinski definition) is 1. The van der Waals surface area contributed by atoms with Crippen LogP contribution in [-0.2, 0) is 4.79 Å². The van der Waals surface area contributed by atoms with Gasteiger partial charge in [0.1, 0.15) is 5.75 Å². The van der Waals surface area contributed by atoms with E-state index in [2.05, 4.69) is 12.2 Å². The van der Waals surface area contributed by atoms with Crippen LogP contribution in [0.1, 0.15) is 45.1 Å². The Labute approximate surface area is 121 Å². The predicted molar refractivity (Wildman–Crippen MR) is 80.8 cm³/mol. The molecule has 1 aromatic rings. The number of carbonyl (C=O) groups excluding carboxylic acids is 1. The van der Waals surface area contributed by atoms with Gasteiger partial charge in [-0.2, -0.15) is 0 Å². The van der Waals surface area contributed by atoms with Gasteiger partial charge in [-0.3, -0.25) is 4.79 Å². The molecule has 1 aliphatic rings. The van der Waals surface area contributed by atoms with Gasteiger partial charge in [-0.05, 0) is 50.3 Å². The Bertz CT molecular complexity index is 458. The first-order valence-corrected chi connectivity index (χ1v) is 7.60. The zero-order valence-electron chi connectivity index (χ0n) is 12.7. The van der Waals surface area contributed by atoms with E-state index in [4.69, 9.17) is 4.74 Å². The van der Waals surface area contributed by atoms with Crippen molar-refractivity contribution in [3.05, 3.63) is 29.8 Å². The van der Waals surface area contributed by atoms with Crippen LogP contribution in [-0.4, -0.2) is 18.1 Å². The lowest BCUT2D eigenvalue weighted by Crippen LogP contribution is -2.46. The number of rotatable bonds is 4. The lowest BCUT2D eigenvalue weighted by molar-refractivity contribution is -0.128. The Kier molecular flexibility index (Phi) is 5.05. The van der Waals surface area contributed by atoms with Crippen molar-refractivity contribution in [3.8, 4) is 5.75 Å². The minimum absolute atomic E-state index is 0.00902. The number of ether oxygens (including phenoxy) is 1. The zero-order valence-corrected chi connectivity index (χ0v) is 12.7. The van der Waals surface area contributed by atoms with Gasteiger partial charge in [0.25, 0.3) is 5.91 Å². The van der Waals surface area contributed by atoms with Gasteiger partial charge >= 0.3 is 0 Å². The van der Waals surface area contributed by atoms with E-state index in [0.717, 1.165) is 17.7 Å². The fourth-order valence-electron chi connectivity index (χ4n) is 2.78. The highest BCUT2D eigenvalue weighted by Gasteiger charge is 2.25. The molecule has 110 valence electrons. The van der Waals surface area contributed by atoms with Crippen LogP contribution in [0.25, 0.3) is 0 Å². The molecule has 3 atom stereocenters. The van der Waals surface area contributed by atoms with E-state index in [1.54, 1.807) is 0 Å². The number of aryl methyl sites for hydroxylation is 1. The topological polar surface area (TPSA) is 38.3 Å². The molecule has 0 saturated heterocycles. The van der Waals surface area contributed by atoms with E-state index in [-0.39, 0.29) is 5.91 Å². The first-order valence-electron chi connectivity index (χ1n) is 7.60. The summed E-state index contributed by atoms with van der Waals surface area (Å²) in [5.74, 6) is 1.31. The second kappa shape index (κ2) is 6.78. The van der Waals surface area contributed by atoms with Crippen molar-refractivity contribution in [3.63, 3.8) is 0 Å². The number of hydrogen-bond acceptors (Lipinski definition) is 2. The quantitative estimate of drug-likeness (QED) is 0.914. The van der Waals surface area contributed by atoms with E-state index >= 15 is 0 Å². The monoisotopic (exact) mass is 275 g/mol. The van der Waals surface area contributed by atoms with E-state index in [1.807, 2.05) is 38.1 Å². The van der Waals surface area contributed by atoms with E-state index in [1.165, 1.54) is 19.3 Å². The van der Waals surface area contributed by atoms with E-state index in [0.29, 0.717) is 12.0 Å². The van der Waals surface area contributed by atoms with Gasteiger partial charge in [0.2, 0.25) is 0 Å². The summed E-state index contributed by atoms with van der Waals surface area (Å²) in [5.41, 5.74) is 1.14. The maximum absolute atomic E-state index is 12.2. The summed E-state index contributed by atoms with van der Waals surface area (Å²) in [7, 11) is 0. The summed E-state index contributed by atoms with van der Waals surface area (Å²) in [4.78, 5) is 12.2. The predicted octanol–water partition coefficient (Wildman–Crippen LogP) is 3.46. The molecular formula is C17H25NO2. The van der Waals surface area contributed by atoms with Crippen LogP contribution in [0.2, 0.25) is 0 Å². The summed E-state index contributed by atoms with van der Waals surface area (Å²) < 4.78 is 5.72. The number of nitrogens with one attached hydrogen (secondary N) is 1. The second-order valence-corrected chi connectivity index (χ2v) is 5.95. The average molecular weight is 275 g/mol. The zero-order chi connectivity index (χ0) is 14.5. The van der Waals surface area contributed by atoms with Gasteiger partial charge in [-0.15, -0.1) is 0 Å². The molecule has 1 fully saturated rings. The van der Waals surface area contributed by atoms with Crippen LogP contribution < -0.4 is 10.1 Å². The van der Waals surface area contributed by atoms with Crippen molar-refractivity contribution >= 4 is 5.91 Å². The smallest absolute Gasteiger partial charge is 0.261 e. The highest BCUT2D eigenvalue weighted by Crippen LogP contribution is 2.24. The van der Waals surface area contributed by atoms with Crippen LogP contribution in [0, 0.1) is 12.8 Å². The maximum Gasteiger partial charge on any atom is 0.261 e. The fraction of sp³-hybridized carbons (Fsp3) is 0.588. The molecule has 1 amide bonds. The van der Waals surface area contributed by atoms with Gasteiger partial charge in [0.15, 0.2) is 6.10 Å². The standard InChI is InChI=1S/C17H25NO2/c1-12-7-6-9-15(11-12)20-14(3)17(19)18-16-10-5-4-8-13(16)2/h6-7,9,11,13-14,16H,4-5,8,10H2,1-3H3,(H,18,19)/t13-,14-,16+/m0/s1. The Balaban J connectivity index is 1.88. The third-order valence-corrected chi connectivity index (χ3v) is 4.11. The third kappa shape index (κ3) is 3.99. The first-order chi connectivity index (χ1) is 9.56. The Hall–Kier alpha value is -1.51. The second-order valence-electron chi connectivity index (χ2n) is 5.95. The summed E-state index contributed by atoms with van der Waals surface area (Å²) >= 11 is 0. The van der Waals surface area contributed by atoms with E-state index in [9.17, 15) is 4.79 Å². The molecule has 0 spiro atoms. The fourth-order valence-corrected chi connectivity index (χ4v) is 2.78. The molecule has 0 unspecified atom stereocenters. The molecule has 0 heterocycles. The van der Waals surface area contributed by atoms with Gasteiger partial charge < -0.3 is 10.1 Å². The SMILES string of the molecule is Cc1cccc(O[C@@H](C)C(=O)N[C@@H]2CCCC[C@@H]2C)c1. The molecule has 1 aliphatic carbocycles. The van der Waals surface area contributed by atoms with Crippen LogP contribution in [0.15, 0.2) is 24.3 Å². The molecule has 1 N–H and O–H groups in total. The van der Waals surface area contributed by atoms with Crippen LogP contribution in [0.3, 0.4) is 0 Å². The lowest BCUT2D eigenvalue weighted by Gasteiger charge is -2.30. The van der Waals surface area contributed by atoms with Crippen LogP contribution in [0.5, 0.6) is 5.75 Å². The molecule has 0 bridgehead atoms. The maximum atomic E-state index is 12.2. The molecule has 1 aromatic carbocycles. The number of amides is 1. The summed E-state index contributed by atoms with van der Waals surface area (Å²) in [6.07, 6.45) is 4.33. The molecule has 3 nitrogen and oxygen atoms in total. The Morgan fingerprint density at radius 3 is 2.80 bits per heavy atom. The van der Waals surface area contributed by atoms with Gasteiger partial charge in [0.05, 0.1) is 0 Å². The molecule has 0 aliphatic heterocycles. The van der Waals surface area contributed by atoms with Gasteiger partial charge in [-0.25, -0.2) is 0 Å². The third-order valence-electron chi connectivity index (χ3n) is 4.11. The largest absolute Gasteiger partial charge is 0.481 e. The Morgan fingerprint density at radius 1 is 1.35 bits per heavy atom. The minimum Gasteiger partial charge on any atom is -0.481 e. The normalized spacial score (nSPS) is 23.9. The van der Waals surface area contributed by atoms with Crippen molar-refractivity contribution in [2.24, 2.45) is 5.92 Å². The summed E-state index contributed by atoms with van der Waals surface area (Å²) in [6.45, 7) is 6.04.